The maximum Gasteiger partial charge on any atom is 0.416 e. The highest BCUT2D eigenvalue weighted by Gasteiger charge is 2.32. The maximum atomic E-state index is 12.9. The lowest BCUT2D eigenvalue weighted by molar-refractivity contribution is -0.137. The van der Waals surface area contributed by atoms with Crippen LogP contribution in [-0.2, 0) is 6.18 Å². The summed E-state index contributed by atoms with van der Waals surface area (Å²) < 4.78 is 40.4. The average molecular weight is 431 g/mol. The van der Waals surface area contributed by atoms with Crippen molar-refractivity contribution in [1.29, 1.82) is 0 Å². The largest absolute Gasteiger partial charge is 0.416 e. The van der Waals surface area contributed by atoms with Crippen molar-refractivity contribution < 1.29 is 18.0 Å². The fourth-order valence-electron chi connectivity index (χ4n) is 3.86. The van der Waals surface area contributed by atoms with Crippen molar-refractivity contribution in [3.8, 4) is 0 Å². The molecule has 6 nitrogen and oxygen atoms in total. The van der Waals surface area contributed by atoms with Gasteiger partial charge in [0.2, 0.25) is 0 Å². The molecule has 1 N–H and O–H groups in total. The van der Waals surface area contributed by atoms with E-state index in [4.69, 9.17) is 0 Å². The molecule has 1 aliphatic rings. The summed E-state index contributed by atoms with van der Waals surface area (Å²) in [5.41, 5.74) is 2.02. The van der Waals surface area contributed by atoms with Gasteiger partial charge in [0.15, 0.2) is 0 Å². The molecular weight excluding hydrogens is 407 g/mol. The molecule has 1 aromatic heterocycles. The Morgan fingerprint density at radius 1 is 1.10 bits per heavy atom. The number of benzene rings is 2. The van der Waals surface area contributed by atoms with Crippen LogP contribution in [0.4, 0.5) is 23.7 Å². The summed E-state index contributed by atoms with van der Waals surface area (Å²) >= 11 is 0. The van der Waals surface area contributed by atoms with Crippen LogP contribution in [-0.4, -0.2) is 39.0 Å². The highest BCUT2D eigenvalue weighted by molar-refractivity contribution is 5.89. The zero-order valence-electron chi connectivity index (χ0n) is 17.4. The zero-order chi connectivity index (χ0) is 22.2. The molecule has 0 atom stereocenters. The predicted molar refractivity (Wildman–Crippen MR) is 112 cm³/mol. The molecular formula is C22H24F3N5O. The Morgan fingerprint density at radius 3 is 2.39 bits per heavy atom. The first-order valence-corrected chi connectivity index (χ1v) is 10.3. The van der Waals surface area contributed by atoms with Gasteiger partial charge in [-0.05, 0) is 54.7 Å². The lowest BCUT2D eigenvalue weighted by Gasteiger charge is -2.32. The number of hydrogen-bond acceptors (Lipinski definition) is 3. The van der Waals surface area contributed by atoms with Crippen LogP contribution < -0.4 is 5.32 Å². The highest BCUT2D eigenvalue weighted by Crippen LogP contribution is 2.32. The fraction of sp³-hybridized carbons (Fsp3) is 0.409. The maximum absolute atomic E-state index is 12.9. The summed E-state index contributed by atoms with van der Waals surface area (Å²) in [5, 5.41) is 10.9. The van der Waals surface area contributed by atoms with Gasteiger partial charge in [0, 0.05) is 18.8 Å². The van der Waals surface area contributed by atoms with Gasteiger partial charge in [0.1, 0.15) is 5.52 Å². The van der Waals surface area contributed by atoms with E-state index in [1.807, 2.05) is 24.3 Å². The topological polar surface area (TPSA) is 63.1 Å². The number of halogens is 3. The Balaban J connectivity index is 1.38. The normalized spacial score (nSPS) is 15.6. The predicted octanol–water partition coefficient (Wildman–Crippen LogP) is 5.44. The van der Waals surface area contributed by atoms with Crippen LogP contribution in [0.2, 0.25) is 0 Å². The molecule has 0 radical (unpaired) electrons. The molecule has 3 aromatic rings. The number of amides is 2. The van der Waals surface area contributed by atoms with Crippen LogP contribution in [0.5, 0.6) is 0 Å². The van der Waals surface area contributed by atoms with Crippen LogP contribution in [0.15, 0.2) is 42.5 Å². The molecule has 31 heavy (non-hydrogen) atoms. The van der Waals surface area contributed by atoms with Crippen LogP contribution in [0.1, 0.15) is 49.8 Å². The first-order valence-electron chi connectivity index (χ1n) is 10.3. The van der Waals surface area contributed by atoms with Crippen molar-refractivity contribution in [3.05, 3.63) is 53.6 Å². The smallest absolute Gasteiger partial charge is 0.324 e. The molecule has 164 valence electrons. The number of carbonyl (C=O) groups is 1. The molecule has 2 amide bonds. The van der Waals surface area contributed by atoms with Crippen molar-refractivity contribution in [2.24, 2.45) is 0 Å². The molecule has 0 aliphatic carbocycles. The zero-order valence-corrected chi connectivity index (χ0v) is 17.4. The Kier molecular flexibility index (Phi) is 5.60. The first-order chi connectivity index (χ1) is 14.7. The standard InChI is InChI=1S/C22H24F3N5O/c1-14(2)15-3-6-17(7-4-15)26-21(31)29-11-9-18(10-12-29)30-20-8-5-16(22(23,24)25)13-19(20)27-28-30/h3-8,13-14,18H,9-12H2,1-2H3,(H,26,31). The van der Waals surface area contributed by atoms with E-state index in [1.54, 1.807) is 9.58 Å². The Hall–Kier alpha value is -3.10. The van der Waals surface area contributed by atoms with E-state index in [0.717, 1.165) is 17.8 Å². The summed E-state index contributed by atoms with van der Waals surface area (Å²) in [5.74, 6) is 0.427. The molecule has 0 bridgehead atoms. The number of anilines is 1. The van der Waals surface area contributed by atoms with E-state index < -0.39 is 11.7 Å². The van der Waals surface area contributed by atoms with Gasteiger partial charge in [-0.1, -0.05) is 31.2 Å². The van der Waals surface area contributed by atoms with Gasteiger partial charge in [0.25, 0.3) is 0 Å². The minimum Gasteiger partial charge on any atom is -0.324 e. The molecule has 0 unspecified atom stereocenters. The summed E-state index contributed by atoms with van der Waals surface area (Å²) in [6.07, 6.45) is -3.11. The Bertz CT molecular complexity index is 1070. The molecule has 0 spiro atoms. The number of likely N-dealkylation sites (tertiary alicyclic amines) is 1. The van der Waals surface area contributed by atoms with E-state index >= 15 is 0 Å². The Morgan fingerprint density at radius 2 is 1.77 bits per heavy atom. The first kappa shape index (κ1) is 21.1. The summed E-state index contributed by atoms with van der Waals surface area (Å²) in [4.78, 5) is 14.3. The monoisotopic (exact) mass is 431 g/mol. The number of carbonyl (C=O) groups excluding carboxylic acids is 1. The third-order valence-electron chi connectivity index (χ3n) is 5.72. The fourth-order valence-corrected chi connectivity index (χ4v) is 3.86. The molecule has 1 saturated heterocycles. The minimum absolute atomic E-state index is 0.0175. The quantitative estimate of drug-likeness (QED) is 0.600. The van der Waals surface area contributed by atoms with E-state index in [0.29, 0.717) is 37.4 Å². The second-order valence-corrected chi connectivity index (χ2v) is 8.16. The van der Waals surface area contributed by atoms with Gasteiger partial charge >= 0.3 is 12.2 Å². The van der Waals surface area contributed by atoms with Gasteiger partial charge in [-0.25, -0.2) is 9.48 Å². The van der Waals surface area contributed by atoms with Crippen molar-refractivity contribution in [1.82, 2.24) is 19.9 Å². The third kappa shape index (κ3) is 4.50. The van der Waals surface area contributed by atoms with E-state index in [9.17, 15) is 18.0 Å². The summed E-state index contributed by atoms with van der Waals surface area (Å²) in [6.45, 7) is 5.29. The average Bonchev–Trinajstić information content (AvgIpc) is 3.17. The molecule has 2 heterocycles. The second-order valence-electron chi connectivity index (χ2n) is 8.16. The number of nitrogens with zero attached hydrogens (tertiary/aromatic N) is 4. The van der Waals surface area contributed by atoms with Gasteiger partial charge in [-0.2, -0.15) is 13.2 Å². The molecule has 1 aliphatic heterocycles. The van der Waals surface area contributed by atoms with Crippen LogP contribution in [0.25, 0.3) is 11.0 Å². The van der Waals surface area contributed by atoms with E-state index in [-0.39, 0.29) is 17.6 Å². The number of alkyl halides is 3. The Labute approximate surface area is 178 Å². The minimum atomic E-state index is -4.41. The molecule has 2 aromatic carbocycles. The SMILES string of the molecule is CC(C)c1ccc(NC(=O)N2CCC(n3nnc4cc(C(F)(F)F)ccc43)CC2)cc1. The summed E-state index contributed by atoms with van der Waals surface area (Å²) in [6, 6.07) is 11.1. The van der Waals surface area contributed by atoms with E-state index in [1.165, 1.54) is 11.6 Å². The lowest BCUT2D eigenvalue weighted by Crippen LogP contribution is -2.41. The number of piperidine rings is 1. The van der Waals surface area contributed by atoms with Crippen molar-refractivity contribution in [2.45, 2.75) is 44.8 Å². The number of urea groups is 1. The number of nitrogens with one attached hydrogen (secondary N) is 1. The summed E-state index contributed by atoms with van der Waals surface area (Å²) in [7, 11) is 0. The molecule has 0 saturated carbocycles. The second kappa shape index (κ2) is 8.20. The van der Waals surface area contributed by atoms with Gasteiger partial charge < -0.3 is 10.2 Å². The number of aromatic nitrogens is 3. The third-order valence-corrected chi connectivity index (χ3v) is 5.72. The van der Waals surface area contributed by atoms with Crippen LogP contribution in [0, 0.1) is 0 Å². The molecule has 1 fully saturated rings. The van der Waals surface area contributed by atoms with Crippen LogP contribution >= 0.6 is 0 Å². The lowest BCUT2D eigenvalue weighted by atomic mass is 10.0. The number of fused-ring (bicyclic) bond motifs is 1. The molecule has 4 rings (SSSR count). The van der Waals surface area contributed by atoms with Crippen molar-refractivity contribution in [3.63, 3.8) is 0 Å². The van der Waals surface area contributed by atoms with Gasteiger partial charge in [-0.3, -0.25) is 0 Å². The number of rotatable bonds is 3. The molecule has 9 heteroatoms. The van der Waals surface area contributed by atoms with Crippen molar-refractivity contribution >= 4 is 22.8 Å². The number of hydrogen-bond donors (Lipinski definition) is 1. The van der Waals surface area contributed by atoms with E-state index in [2.05, 4.69) is 29.5 Å². The van der Waals surface area contributed by atoms with Crippen LogP contribution in [0.3, 0.4) is 0 Å². The van der Waals surface area contributed by atoms with Gasteiger partial charge in [0.05, 0.1) is 17.1 Å². The van der Waals surface area contributed by atoms with Crippen molar-refractivity contribution in [2.75, 3.05) is 18.4 Å². The highest BCUT2D eigenvalue weighted by atomic mass is 19.4. The van der Waals surface area contributed by atoms with Gasteiger partial charge in [-0.15, -0.1) is 5.10 Å².